The predicted octanol–water partition coefficient (Wildman–Crippen LogP) is 2.43. The molecular formula is C20H24N2O5. The van der Waals surface area contributed by atoms with E-state index in [-0.39, 0.29) is 30.6 Å². The van der Waals surface area contributed by atoms with Crippen molar-refractivity contribution in [3.8, 4) is 11.5 Å². The summed E-state index contributed by atoms with van der Waals surface area (Å²) in [7, 11) is 3.84. The Morgan fingerprint density at radius 2 is 1.89 bits per heavy atom. The number of fused-ring (bicyclic) bond motifs is 1. The molecule has 1 aliphatic rings. The van der Waals surface area contributed by atoms with Crippen LogP contribution in [0.15, 0.2) is 41.0 Å². The summed E-state index contributed by atoms with van der Waals surface area (Å²) >= 11 is 0. The van der Waals surface area contributed by atoms with Crippen molar-refractivity contribution >= 4 is 11.7 Å². The van der Waals surface area contributed by atoms with E-state index in [0.717, 1.165) is 5.76 Å². The highest BCUT2D eigenvalue weighted by molar-refractivity contribution is 5.98. The number of benzene rings is 1. The summed E-state index contributed by atoms with van der Waals surface area (Å²) < 4.78 is 16.4. The van der Waals surface area contributed by atoms with E-state index in [1.54, 1.807) is 24.5 Å². The van der Waals surface area contributed by atoms with E-state index in [1.165, 1.54) is 0 Å². The molecule has 2 aromatic rings. The molecule has 1 atom stereocenters. The molecular weight excluding hydrogens is 348 g/mol. The van der Waals surface area contributed by atoms with Gasteiger partial charge in [0.25, 0.3) is 0 Å². The van der Waals surface area contributed by atoms with Gasteiger partial charge in [-0.1, -0.05) is 0 Å². The first-order chi connectivity index (χ1) is 13.0. The molecule has 1 N–H and O–H groups in total. The van der Waals surface area contributed by atoms with Crippen LogP contribution >= 0.6 is 0 Å². The lowest BCUT2D eigenvalue weighted by Crippen LogP contribution is -2.34. The average Bonchev–Trinajstić information content (AvgIpc) is 3.20. The standard InChI is InChI=1S/C20H24N2O5/c1-22(2)15(17-4-3-9-25-17)13-21-20(24)8-6-16(23)14-5-7-18-19(12-14)27-11-10-26-18/h3-5,7,9,12,15H,6,8,10-11,13H2,1-2H3,(H,21,24). The zero-order chi connectivity index (χ0) is 19.2. The fraction of sp³-hybridized carbons (Fsp3) is 0.400. The molecule has 1 aromatic carbocycles. The van der Waals surface area contributed by atoms with Crippen molar-refractivity contribution in [1.82, 2.24) is 10.2 Å². The summed E-state index contributed by atoms with van der Waals surface area (Å²) in [5.41, 5.74) is 0.522. The molecule has 0 fully saturated rings. The van der Waals surface area contributed by atoms with Gasteiger partial charge in [0.2, 0.25) is 5.91 Å². The van der Waals surface area contributed by atoms with E-state index in [4.69, 9.17) is 13.9 Å². The van der Waals surface area contributed by atoms with Crippen LogP contribution in [0.3, 0.4) is 0 Å². The minimum atomic E-state index is -0.167. The molecule has 2 heterocycles. The maximum absolute atomic E-state index is 12.4. The number of carbonyl (C=O) groups is 2. The summed E-state index contributed by atoms with van der Waals surface area (Å²) in [6.07, 6.45) is 1.88. The molecule has 0 saturated carbocycles. The molecule has 1 amide bonds. The molecule has 3 rings (SSSR count). The second-order valence-electron chi connectivity index (χ2n) is 6.58. The number of rotatable bonds is 8. The van der Waals surface area contributed by atoms with Gasteiger partial charge in [-0.05, 0) is 44.4 Å². The number of nitrogens with one attached hydrogen (secondary N) is 1. The normalized spacial score (nSPS) is 14.0. The van der Waals surface area contributed by atoms with E-state index in [2.05, 4.69) is 5.32 Å². The average molecular weight is 372 g/mol. The van der Waals surface area contributed by atoms with Crippen molar-refractivity contribution < 1.29 is 23.5 Å². The minimum Gasteiger partial charge on any atom is -0.486 e. The zero-order valence-corrected chi connectivity index (χ0v) is 15.6. The largest absolute Gasteiger partial charge is 0.486 e. The fourth-order valence-electron chi connectivity index (χ4n) is 2.91. The number of likely N-dealkylation sites (N-methyl/N-ethyl adjacent to an activating group) is 1. The number of amides is 1. The molecule has 7 nitrogen and oxygen atoms in total. The number of carbonyl (C=O) groups excluding carboxylic acids is 2. The van der Waals surface area contributed by atoms with Crippen molar-refractivity contribution in [1.29, 1.82) is 0 Å². The maximum Gasteiger partial charge on any atom is 0.220 e. The first kappa shape index (κ1) is 19.0. The lowest BCUT2D eigenvalue weighted by Gasteiger charge is -2.22. The van der Waals surface area contributed by atoms with E-state index in [0.29, 0.717) is 36.8 Å². The van der Waals surface area contributed by atoms with Crippen LogP contribution in [-0.4, -0.2) is 50.4 Å². The Morgan fingerprint density at radius 1 is 1.11 bits per heavy atom. The van der Waals surface area contributed by atoms with Gasteiger partial charge in [0.05, 0.1) is 12.3 Å². The molecule has 0 radical (unpaired) electrons. The molecule has 0 aliphatic carbocycles. The molecule has 1 unspecified atom stereocenters. The third kappa shape index (κ3) is 4.89. The number of Topliss-reactive ketones (excluding diaryl/α,β-unsaturated/α-hetero) is 1. The van der Waals surface area contributed by atoms with E-state index in [1.807, 2.05) is 31.1 Å². The lowest BCUT2D eigenvalue weighted by atomic mass is 10.1. The van der Waals surface area contributed by atoms with Crippen LogP contribution in [0.5, 0.6) is 11.5 Å². The van der Waals surface area contributed by atoms with Gasteiger partial charge in [-0.25, -0.2) is 0 Å². The van der Waals surface area contributed by atoms with Gasteiger partial charge in [0, 0.05) is 24.9 Å². The van der Waals surface area contributed by atoms with Gasteiger partial charge in [-0.3, -0.25) is 14.5 Å². The van der Waals surface area contributed by atoms with Crippen LogP contribution in [0.25, 0.3) is 0 Å². The van der Waals surface area contributed by atoms with Crippen LogP contribution in [0.2, 0.25) is 0 Å². The van der Waals surface area contributed by atoms with Crippen LogP contribution < -0.4 is 14.8 Å². The van der Waals surface area contributed by atoms with Crippen molar-refractivity contribution in [2.45, 2.75) is 18.9 Å². The third-order valence-electron chi connectivity index (χ3n) is 4.43. The van der Waals surface area contributed by atoms with Crippen molar-refractivity contribution in [3.05, 3.63) is 47.9 Å². The van der Waals surface area contributed by atoms with Gasteiger partial charge in [-0.2, -0.15) is 0 Å². The topological polar surface area (TPSA) is 81.0 Å². The van der Waals surface area contributed by atoms with E-state index >= 15 is 0 Å². The van der Waals surface area contributed by atoms with Crippen LogP contribution in [0.1, 0.15) is 35.0 Å². The summed E-state index contributed by atoms with van der Waals surface area (Å²) in [6, 6.07) is 8.74. The molecule has 0 spiro atoms. The number of hydrogen-bond donors (Lipinski definition) is 1. The monoisotopic (exact) mass is 372 g/mol. The molecule has 1 aromatic heterocycles. The van der Waals surface area contributed by atoms with Gasteiger partial charge >= 0.3 is 0 Å². The Bertz CT molecular complexity index is 786. The maximum atomic E-state index is 12.4. The second-order valence-corrected chi connectivity index (χ2v) is 6.58. The second kappa shape index (κ2) is 8.73. The molecule has 1 aliphatic heterocycles. The minimum absolute atomic E-state index is 0.0579. The summed E-state index contributed by atoms with van der Waals surface area (Å²) in [5.74, 6) is 1.73. The van der Waals surface area contributed by atoms with E-state index in [9.17, 15) is 9.59 Å². The quantitative estimate of drug-likeness (QED) is 0.717. The van der Waals surface area contributed by atoms with Crippen LogP contribution in [0, 0.1) is 0 Å². The molecule has 7 heteroatoms. The highest BCUT2D eigenvalue weighted by Crippen LogP contribution is 2.31. The Labute approximate surface area is 158 Å². The third-order valence-corrected chi connectivity index (χ3v) is 4.43. The highest BCUT2D eigenvalue weighted by Gasteiger charge is 2.19. The SMILES string of the molecule is CN(C)C(CNC(=O)CCC(=O)c1ccc2c(c1)OCCO2)c1ccco1. The summed E-state index contributed by atoms with van der Waals surface area (Å²) in [5, 5.41) is 2.87. The lowest BCUT2D eigenvalue weighted by molar-refractivity contribution is -0.121. The Kier molecular flexibility index (Phi) is 6.13. The fourth-order valence-corrected chi connectivity index (χ4v) is 2.91. The van der Waals surface area contributed by atoms with Crippen molar-refractivity contribution in [2.24, 2.45) is 0 Å². The Balaban J connectivity index is 1.49. The van der Waals surface area contributed by atoms with Crippen LogP contribution in [0.4, 0.5) is 0 Å². The van der Waals surface area contributed by atoms with Gasteiger partial charge in [0.15, 0.2) is 17.3 Å². The Morgan fingerprint density at radius 3 is 2.59 bits per heavy atom. The van der Waals surface area contributed by atoms with Crippen LogP contribution in [-0.2, 0) is 4.79 Å². The Hall–Kier alpha value is -2.80. The number of hydrogen-bond acceptors (Lipinski definition) is 6. The predicted molar refractivity (Wildman–Crippen MR) is 99.1 cm³/mol. The number of furan rings is 1. The first-order valence-electron chi connectivity index (χ1n) is 8.94. The number of ether oxygens (including phenoxy) is 2. The molecule has 0 saturated heterocycles. The van der Waals surface area contributed by atoms with Gasteiger partial charge in [0.1, 0.15) is 19.0 Å². The molecule has 144 valence electrons. The summed E-state index contributed by atoms with van der Waals surface area (Å²) in [6.45, 7) is 1.39. The highest BCUT2D eigenvalue weighted by atomic mass is 16.6. The molecule has 0 bridgehead atoms. The van der Waals surface area contributed by atoms with Crippen molar-refractivity contribution in [3.63, 3.8) is 0 Å². The number of nitrogens with zero attached hydrogens (tertiary/aromatic N) is 1. The summed E-state index contributed by atoms with van der Waals surface area (Å²) in [4.78, 5) is 26.5. The van der Waals surface area contributed by atoms with E-state index < -0.39 is 0 Å². The smallest absolute Gasteiger partial charge is 0.220 e. The van der Waals surface area contributed by atoms with Gasteiger partial charge < -0.3 is 19.2 Å². The first-order valence-corrected chi connectivity index (χ1v) is 8.94. The zero-order valence-electron chi connectivity index (χ0n) is 15.6. The molecule has 27 heavy (non-hydrogen) atoms. The van der Waals surface area contributed by atoms with Crippen molar-refractivity contribution in [2.75, 3.05) is 33.9 Å². The van der Waals surface area contributed by atoms with Gasteiger partial charge in [-0.15, -0.1) is 0 Å². The number of ketones is 1.